The van der Waals surface area contributed by atoms with Crippen molar-refractivity contribution in [3.63, 3.8) is 0 Å². The van der Waals surface area contributed by atoms with E-state index >= 15 is 0 Å². The van der Waals surface area contributed by atoms with Gasteiger partial charge in [0.2, 0.25) is 0 Å². The molecule has 1 N–H and O–H groups in total. The summed E-state index contributed by atoms with van der Waals surface area (Å²) in [7, 11) is 3.21. The molecule has 2 heterocycles. The molecule has 10 heteroatoms. The Morgan fingerprint density at radius 3 is 2.31 bits per heavy atom. The van der Waals surface area contributed by atoms with Crippen molar-refractivity contribution < 1.29 is 25.1 Å². The highest BCUT2D eigenvalue weighted by Crippen LogP contribution is 2.36. The van der Waals surface area contributed by atoms with Gasteiger partial charge in [-0.1, -0.05) is 17.7 Å². The van der Waals surface area contributed by atoms with Crippen LogP contribution in [0, 0.1) is 0 Å². The molecule has 0 saturated heterocycles. The van der Waals surface area contributed by atoms with Crippen LogP contribution in [0.2, 0.25) is 6.43 Å². The number of benzene rings is 2. The van der Waals surface area contributed by atoms with E-state index in [0.717, 1.165) is 5.69 Å². The van der Waals surface area contributed by atoms with Gasteiger partial charge in [0, 0.05) is 37.6 Å². The quantitative estimate of drug-likeness (QED) is 0.247. The van der Waals surface area contributed by atoms with E-state index in [-0.39, 0.29) is 6.61 Å². The molecule has 0 saturated carbocycles. The third kappa shape index (κ3) is 6.72. The summed E-state index contributed by atoms with van der Waals surface area (Å²) in [6, 6.07) is 14.2. The number of rotatable bonds is 13. The lowest BCUT2D eigenvalue weighted by atomic mass is 10.2. The molecule has 4 aromatic rings. The van der Waals surface area contributed by atoms with Crippen molar-refractivity contribution in [1.29, 1.82) is 0 Å². The summed E-state index contributed by atoms with van der Waals surface area (Å²) in [5, 5.41) is 2.15. The Balaban J connectivity index is 1.60. The summed E-state index contributed by atoms with van der Waals surface area (Å²) in [6.07, 6.45) is 3.10. The lowest BCUT2D eigenvalue weighted by molar-refractivity contribution is 0.132. The van der Waals surface area contributed by atoms with Gasteiger partial charge < -0.3 is 29.0 Å². The number of methoxy groups -OCH3 is 2. The molecule has 2 aromatic carbocycles. The Morgan fingerprint density at radius 2 is 1.61 bits per heavy atom. The number of hydrogen-bond donors (Lipinski definition) is 1. The van der Waals surface area contributed by atoms with Crippen molar-refractivity contribution in [1.82, 2.24) is 15.0 Å². The molecular formula is C26H27ClN4O5. The van der Waals surface area contributed by atoms with E-state index in [1.807, 2.05) is 18.2 Å². The standard InChI is InChI=1S/C26H27ClN4O5/c1-32-9-11-34-24-14-20-22(15-25(24)35-12-10-33-2)29-17-30-26(20)31-18-6-7-23(21(27)13-18)36-16-19-5-3-4-8-28-19/h3-8,13-15,17H,9-12,16H2,1-2H3,(H,29,30,31)/i/hD. The number of hydrogen-bond acceptors (Lipinski definition) is 9. The fourth-order valence-corrected chi connectivity index (χ4v) is 3.50. The van der Waals surface area contributed by atoms with E-state index in [0.29, 0.717) is 71.1 Å². The first kappa shape index (κ1) is 24.1. The van der Waals surface area contributed by atoms with Gasteiger partial charge in [-0.25, -0.2) is 9.97 Å². The third-order valence-corrected chi connectivity index (χ3v) is 5.32. The van der Waals surface area contributed by atoms with E-state index in [4.69, 9.17) is 36.7 Å². The smallest absolute Gasteiger partial charge is 0.168 e. The second-order valence-electron chi connectivity index (χ2n) is 7.53. The first-order chi connectivity index (χ1) is 18.1. The zero-order valence-corrected chi connectivity index (χ0v) is 20.8. The van der Waals surface area contributed by atoms with Gasteiger partial charge in [0.1, 0.15) is 37.7 Å². The molecule has 2 aromatic heterocycles. The number of ether oxygens (including phenoxy) is 5. The van der Waals surface area contributed by atoms with Crippen molar-refractivity contribution in [2.45, 2.75) is 6.61 Å². The molecule has 36 heavy (non-hydrogen) atoms. The number of aromatic nitrogens is 3. The van der Waals surface area contributed by atoms with Crippen molar-refractivity contribution in [3.05, 3.63) is 71.8 Å². The summed E-state index contributed by atoms with van der Waals surface area (Å²) in [6.45, 7) is 1.78. The summed E-state index contributed by atoms with van der Waals surface area (Å²) in [5.74, 6) is 1.84. The Bertz CT molecular complexity index is 1320. The Hall–Kier alpha value is -3.66. The summed E-state index contributed by atoms with van der Waals surface area (Å²) >= 11 is 6.48. The molecule has 188 valence electrons. The zero-order chi connectivity index (χ0) is 26.0. The van der Waals surface area contributed by atoms with Crippen molar-refractivity contribution in [3.8, 4) is 17.2 Å². The van der Waals surface area contributed by atoms with E-state index in [1.54, 1.807) is 50.7 Å². The molecule has 0 aliphatic heterocycles. The molecular weight excluding hydrogens is 484 g/mol. The topological polar surface area (TPSA) is 96.9 Å². The highest BCUT2D eigenvalue weighted by Gasteiger charge is 2.14. The van der Waals surface area contributed by atoms with Gasteiger partial charge in [-0.05, 0) is 36.4 Å². The van der Waals surface area contributed by atoms with Crippen LogP contribution >= 0.6 is 11.6 Å². The van der Waals surface area contributed by atoms with Gasteiger partial charge in [0.05, 0.1) is 29.4 Å². The lowest BCUT2D eigenvalue weighted by Gasteiger charge is -2.15. The first-order valence-corrected chi connectivity index (χ1v) is 11.6. The Labute approximate surface area is 215 Å². The average Bonchev–Trinajstić information content (AvgIpc) is 2.92. The van der Waals surface area contributed by atoms with Gasteiger partial charge in [-0.3, -0.25) is 4.98 Å². The molecule has 0 spiro atoms. The number of halogens is 1. The normalized spacial score (nSPS) is 11.2. The third-order valence-electron chi connectivity index (χ3n) is 5.02. The Kier molecular flexibility index (Phi) is 8.60. The maximum absolute atomic E-state index is 8.79. The first-order valence-electron chi connectivity index (χ1n) is 11.7. The van der Waals surface area contributed by atoms with Crippen LogP contribution in [0.5, 0.6) is 17.2 Å². The minimum Gasteiger partial charge on any atom is -0.487 e. The summed E-state index contributed by atoms with van der Waals surface area (Å²) < 4.78 is 36.5. The molecule has 0 fully saturated rings. The van der Waals surface area contributed by atoms with Gasteiger partial charge in [0.15, 0.2) is 12.9 Å². The molecule has 0 aliphatic rings. The van der Waals surface area contributed by atoms with Crippen LogP contribution in [0.15, 0.2) is 61.1 Å². The van der Waals surface area contributed by atoms with Gasteiger partial charge in [-0.15, -0.1) is 0 Å². The number of fused-ring (bicyclic) bond motifs is 1. The molecule has 0 aliphatic carbocycles. The minimum atomic E-state index is 0.279. The molecule has 4 rings (SSSR count). The van der Waals surface area contributed by atoms with Crippen molar-refractivity contribution in [2.75, 3.05) is 46.0 Å². The second-order valence-corrected chi connectivity index (χ2v) is 7.94. The zero-order valence-electron chi connectivity index (χ0n) is 21.0. The fourth-order valence-electron chi connectivity index (χ4n) is 3.27. The van der Waals surface area contributed by atoms with Crippen LogP contribution in [0.4, 0.5) is 11.5 Å². The van der Waals surface area contributed by atoms with Crippen molar-refractivity contribution in [2.24, 2.45) is 0 Å². The predicted octanol–water partition coefficient (Wildman–Crippen LogP) is 5.05. The molecule has 0 unspecified atom stereocenters. The van der Waals surface area contributed by atoms with Gasteiger partial charge in [-0.2, -0.15) is 0 Å². The summed E-state index contributed by atoms with van der Waals surface area (Å²) in [4.78, 5) is 13.0. The van der Waals surface area contributed by atoms with Crippen LogP contribution in [0.1, 0.15) is 5.69 Å². The van der Waals surface area contributed by atoms with Crippen molar-refractivity contribution >= 4 is 34.0 Å². The number of pyridine rings is 1. The minimum absolute atomic E-state index is 0.279. The fraction of sp³-hybridized carbons (Fsp3) is 0.269. The predicted molar refractivity (Wildman–Crippen MR) is 138 cm³/mol. The number of nitrogens with zero attached hydrogens (tertiary/aromatic N) is 3. The second kappa shape index (κ2) is 12.9. The van der Waals surface area contributed by atoms with Crippen LogP contribution < -0.4 is 19.5 Å². The Morgan fingerprint density at radius 1 is 0.833 bits per heavy atom. The monoisotopic (exact) mass is 511 g/mol. The van der Waals surface area contributed by atoms with Gasteiger partial charge in [0.25, 0.3) is 0 Å². The maximum Gasteiger partial charge on any atom is 0.168 e. The largest absolute Gasteiger partial charge is 0.487 e. The number of anilines is 2. The van der Waals surface area contributed by atoms with Crippen LogP contribution in [0.25, 0.3) is 10.9 Å². The van der Waals surface area contributed by atoms with Crippen LogP contribution in [-0.4, -0.2) is 55.6 Å². The SMILES string of the molecule is [2H]N(c1ccc(OCc2ccccn2)c(Cl)c1)c1ncnc2cc(OCCOC)c(OCCOC)cc12. The molecule has 9 nitrogen and oxygen atoms in total. The van der Waals surface area contributed by atoms with Gasteiger partial charge >= 0.3 is 0 Å². The summed E-state index contributed by atoms with van der Waals surface area (Å²) in [5.41, 5.74) is 1.87. The van der Waals surface area contributed by atoms with E-state index in [9.17, 15) is 0 Å². The van der Waals surface area contributed by atoms with E-state index in [2.05, 4.69) is 15.0 Å². The molecule has 0 atom stereocenters. The highest BCUT2D eigenvalue weighted by atomic mass is 35.5. The van der Waals surface area contributed by atoms with E-state index < -0.39 is 0 Å². The average molecular weight is 512 g/mol. The maximum atomic E-state index is 8.79. The molecule has 0 amide bonds. The van der Waals surface area contributed by atoms with Crippen LogP contribution in [0.3, 0.4) is 0 Å². The van der Waals surface area contributed by atoms with Crippen LogP contribution in [-0.2, 0) is 16.1 Å². The molecule has 0 radical (unpaired) electrons. The number of nitrogens with one attached hydrogen (secondary N) is 1. The lowest BCUT2D eigenvalue weighted by Crippen LogP contribution is -2.09. The molecule has 0 bridgehead atoms. The van der Waals surface area contributed by atoms with E-state index in [1.165, 1.54) is 11.6 Å². The highest BCUT2D eigenvalue weighted by molar-refractivity contribution is 6.32.